The molecule has 0 saturated heterocycles. The quantitative estimate of drug-likeness (QED) is 0.441. The highest BCUT2D eigenvalue weighted by Gasteiger charge is 2.18. The number of nitro benzene ring substituents is 1. The van der Waals surface area contributed by atoms with Crippen molar-refractivity contribution in [1.82, 2.24) is 0 Å². The molecule has 0 saturated carbocycles. The van der Waals surface area contributed by atoms with E-state index in [0.29, 0.717) is 0 Å². The van der Waals surface area contributed by atoms with Crippen molar-refractivity contribution < 1.29 is 24.7 Å². The number of non-ortho nitro benzene ring substituents is 1. The van der Waals surface area contributed by atoms with Crippen LogP contribution >= 0.6 is 11.6 Å². The zero-order valence-corrected chi connectivity index (χ0v) is 13.0. The summed E-state index contributed by atoms with van der Waals surface area (Å²) in [5.41, 5.74) is -0.225. The maximum absolute atomic E-state index is 12.2. The lowest BCUT2D eigenvalue weighted by Crippen LogP contribution is -2.13. The molecule has 0 aliphatic carbocycles. The minimum Gasteiger partial charge on any atom is -0.507 e. The number of halogens is 1. The van der Waals surface area contributed by atoms with Crippen LogP contribution in [0.15, 0.2) is 30.3 Å². The summed E-state index contributed by atoms with van der Waals surface area (Å²) in [6.07, 6.45) is 0. The molecule has 0 atom stereocenters. The number of aromatic hydroxyl groups is 1. The van der Waals surface area contributed by atoms with E-state index in [1.807, 2.05) is 0 Å². The van der Waals surface area contributed by atoms with Crippen molar-refractivity contribution >= 4 is 34.9 Å². The number of hydrogen-bond acceptors (Lipinski definition) is 5. The highest BCUT2D eigenvalue weighted by molar-refractivity contribution is 6.34. The van der Waals surface area contributed by atoms with Crippen LogP contribution < -0.4 is 5.32 Å². The van der Waals surface area contributed by atoms with Crippen LogP contribution in [-0.2, 0) is 0 Å². The number of nitrogens with one attached hydrogen (secondary N) is 1. The zero-order chi connectivity index (χ0) is 18.0. The van der Waals surface area contributed by atoms with E-state index in [1.165, 1.54) is 19.1 Å². The molecule has 3 N–H and O–H groups in total. The number of rotatable bonds is 4. The molecular weight excluding hydrogens is 340 g/mol. The predicted molar refractivity (Wildman–Crippen MR) is 85.9 cm³/mol. The fraction of sp³-hybridized carbons (Fsp3) is 0.0667. The van der Waals surface area contributed by atoms with E-state index >= 15 is 0 Å². The second kappa shape index (κ2) is 6.55. The van der Waals surface area contributed by atoms with Crippen molar-refractivity contribution in [1.29, 1.82) is 0 Å². The van der Waals surface area contributed by atoms with E-state index in [2.05, 4.69) is 5.32 Å². The number of carboxylic acids is 1. The Morgan fingerprint density at radius 2 is 1.88 bits per heavy atom. The Morgan fingerprint density at radius 1 is 1.21 bits per heavy atom. The van der Waals surface area contributed by atoms with E-state index in [1.54, 1.807) is 0 Å². The van der Waals surface area contributed by atoms with Crippen molar-refractivity contribution in [3.8, 4) is 5.75 Å². The number of benzene rings is 2. The summed E-state index contributed by atoms with van der Waals surface area (Å²) in [5.74, 6) is -2.41. The first-order valence-corrected chi connectivity index (χ1v) is 6.90. The zero-order valence-electron chi connectivity index (χ0n) is 12.2. The minimum atomic E-state index is -1.35. The van der Waals surface area contributed by atoms with Gasteiger partial charge >= 0.3 is 5.97 Å². The Hall–Kier alpha value is -3.13. The topological polar surface area (TPSA) is 130 Å². The molecule has 8 nitrogen and oxygen atoms in total. The molecule has 24 heavy (non-hydrogen) atoms. The second-order valence-electron chi connectivity index (χ2n) is 4.87. The molecule has 9 heteroatoms. The van der Waals surface area contributed by atoms with E-state index in [-0.39, 0.29) is 33.1 Å². The molecule has 0 heterocycles. The molecule has 2 aromatic carbocycles. The van der Waals surface area contributed by atoms with E-state index in [9.17, 15) is 24.8 Å². The standard InChI is InChI=1S/C15H11ClN2O6/c1-7-4-8(5-11(13(7)19)15(21)22)17-14(20)10-3-2-9(18(23)24)6-12(10)16/h2-6,19H,1H3,(H,17,20)(H,21,22). The van der Waals surface area contributed by atoms with Gasteiger partial charge in [-0.05, 0) is 30.7 Å². The van der Waals surface area contributed by atoms with Crippen LogP contribution in [0.5, 0.6) is 5.75 Å². The highest BCUT2D eigenvalue weighted by atomic mass is 35.5. The number of nitrogens with zero attached hydrogens (tertiary/aromatic N) is 1. The van der Waals surface area contributed by atoms with Gasteiger partial charge in [-0.25, -0.2) is 4.79 Å². The molecule has 124 valence electrons. The average molecular weight is 351 g/mol. The van der Waals surface area contributed by atoms with E-state index in [0.717, 1.165) is 18.2 Å². The number of carbonyl (C=O) groups is 2. The molecule has 0 aromatic heterocycles. The lowest BCUT2D eigenvalue weighted by Gasteiger charge is -2.10. The first kappa shape index (κ1) is 17.2. The third kappa shape index (κ3) is 3.44. The van der Waals surface area contributed by atoms with Crippen LogP contribution in [0, 0.1) is 17.0 Å². The number of aryl methyl sites for hydroxylation is 1. The van der Waals surface area contributed by atoms with Gasteiger partial charge in [0.2, 0.25) is 0 Å². The van der Waals surface area contributed by atoms with Crippen molar-refractivity contribution in [2.45, 2.75) is 6.92 Å². The molecular formula is C15H11ClN2O6. The van der Waals surface area contributed by atoms with Crippen LogP contribution in [0.1, 0.15) is 26.3 Å². The molecule has 0 unspecified atom stereocenters. The predicted octanol–water partition coefficient (Wildman–Crippen LogP) is 3.21. The van der Waals surface area contributed by atoms with Crippen molar-refractivity contribution in [2.24, 2.45) is 0 Å². The Bertz CT molecular complexity index is 865. The molecule has 0 aliphatic rings. The van der Waals surface area contributed by atoms with Gasteiger partial charge in [0.25, 0.3) is 11.6 Å². The first-order chi connectivity index (χ1) is 11.2. The largest absolute Gasteiger partial charge is 0.507 e. The van der Waals surface area contributed by atoms with E-state index < -0.39 is 22.5 Å². The SMILES string of the molecule is Cc1cc(NC(=O)c2ccc([N+](=O)[O-])cc2Cl)cc(C(=O)O)c1O. The normalized spacial score (nSPS) is 10.2. The van der Waals surface area contributed by atoms with Gasteiger partial charge in [0, 0.05) is 17.8 Å². The fourth-order valence-electron chi connectivity index (χ4n) is 2.01. The number of amides is 1. The number of carbonyl (C=O) groups excluding carboxylic acids is 1. The monoisotopic (exact) mass is 350 g/mol. The molecule has 2 rings (SSSR count). The summed E-state index contributed by atoms with van der Waals surface area (Å²) in [5, 5.41) is 31.7. The Labute approximate surface area is 140 Å². The smallest absolute Gasteiger partial charge is 0.339 e. The van der Waals surface area contributed by atoms with Gasteiger partial charge < -0.3 is 15.5 Å². The van der Waals surface area contributed by atoms with Gasteiger partial charge in [-0.2, -0.15) is 0 Å². The molecule has 2 aromatic rings. The number of carboxylic acid groups (broad SMARTS) is 1. The molecule has 0 bridgehead atoms. The number of phenols is 1. The van der Waals surface area contributed by atoms with Crippen LogP contribution in [-0.4, -0.2) is 27.0 Å². The third-order valence-corrected chi connectivity index (χ3v) is 3.51. The summed E-state index contributed by atoms with van der Waals surface area (Å²) >= 11 is 5.87. The van der Waals surface area contributed by atoms with Crippen LogP contribution in [0.3, 0.4) is 0 Å². The van der Waals surface area contributed by atoms with Crippen molar-refractivity contribution in [2.75, 3.05) is 5.32 Å². The van der Waals surface area contributed by atoms with Gasteiger partial charge in [-0.15, -0.1) is 0 Å². The Morgan fingerprint density at radius 3 is 2.42 bits per heavy atom. The van der Waals surface area contributed by atoms with Crippen molar-refractivity contribution in [3.63, 3.8) is 0 Å². The van der Waals surface area contributed by atoms with E-state index in [4.69, 9.17) is 16.7 Å². The summed E-state index contributed by atoms with van der Waals surface area (Å²) < 4.78 is 0. The lowest BCUT2D eigenvalue weighted by molar-refractivity contribution is -0.384. The molecule has 0 aliphatic heterocycles. The fourth-order valence-corrected chi connectivity index (χ4v) is 2.28. The van der Waals surface area contributed by atoms with Crippen LogP contribution in [0.4, 0.5) is 11.4 Å². The summed E-state index contributed by atoms with van der Waals surface area (Å²) in [6.45, 7) is 1.48. The third-order valence-electron chi connectivity index (χ3n) is 3.20. The Balaban J connectivity index is 2.33. The van der Waals surface area contributed by atoms with Gasteiger partial charge in [-0.1, -0.05) is 11.6 Å². The second-order valence-corrected chi connectivity index (χ2v) is 5.28. The van der Waals surface area contributed by atoms with Crippen molar-refractivity contribution in [3.05, 3.63) is 62.2 Å². The minimum absolute atomic E-state index is 0.00938. The summed E-state index contributed by atoms with van der Waals surface area (Å²) in [4.78, 5) is 33.3. The van der Waals surface area contributed by atoms with Crippen LogP contribution in [0.2, 0.25) is 5.02 Å². The number of anilines is 1. The Kier molecular flexibility index (Phi) is 4.70. The molecule has 1 amide bonds. The maximum atomic E-state index is 12.2. The maximum Gasteiger partial charge on any atom is 0.339 e. The number of hydrogen-bond donors (Lipinski definition) is 3. The summed E-state index contributed by atoms with van der Waals surface area (Å²) in [6, 6.07) is 5.86. The number of nitro groups is 1. The number of aromatic carboxylic acids is 1. The molecule has 0 radical (unpaired) electrons. The van der Waals surface area contributed by atoms with Gasteiger partial charge in [-0.3, -0.25) is 14.9 Å². The van der Waals surface area contributed by atoms with Gasteiger partial charge in [0.05, 0.1) is 15.5 Å². The molecule has 0 fully saturated rings. The average Bonchev–Trinajstić information content (AvgIpc) is 2.49. The lowest BCUT2D eigenvalue weighted by atomic mass is 10.1. The highest BCUT2D eigenvalue weighted by Crippen LogP contribution is 2.28. The molecule has 0 spiro atoms. The van der Waals surface area contributed by atoms with Crippen LogP contribution in [0.25, 0.3) is 0 Å². The first-order valence-electron chi connectivity index (χ1n) is 6.53. The van der Waals surface area contributed by atoms with Gasteiger partial charge in [0.15, 0.2) is 0 Å². The van der Waals surface area contributed by atoms with Gasteiger partial charge in [0.1, 0.15) is 11.3 Å². The summed E-state index contributed by atoms with van der Waals surface area (Å²) in [7, 11) is 0.